The standard InChI is InChI=1S/C12H22N2O2/c1-14(11-2-5-13-6-3-11)8-12(15)10-4-7-16-9-10/h10-11,13H,2-9H2,1H3. The first-order valence-electron chi connectivity index (χ1n) is 6.29. The van der Waals surface area contributed by atoms with Crippen molar-refractivity contribution in [1.29, 1.82) is 0 Å². The highest BCUT2D eigenvalue weighted by Gasteiger charge is 2.26. The van der Waals surface area contributed by atoms with E-state index in [4.69, 9.17) is 4.74 Å². The van der Waals surface area contributed by atoms with Gasteiger partial charge in [-0.2, -0.15) is 0 Å². The summed E-state index contributed by atoms with van der Waals surface area (Å²) in [6, 6.07) is 0.576. The number of ketones is 1. The number of carbonyl (C=O) groups is 1. The molecule has 1 N–H and O–H groups in total. The SMILES string of the molecule is CN(CC(=O)C1CCOC1)C1CCNCC1. The molecule has 2 saturated heterocycles. The molecule has 2 rings (SSSR count). The van der Waals surface area contributed by atoms with Gasteiger partial charge in [0, 0.05) is 18.6 Å². The fraction of sp³-hybridized carbons (Fsp3) is 0.917. The van der Waals surface area contributed by atoms with Crippen molar-refractivity contribution in [3.8, 4) is 0 Å². The smallest absolute Gasteiger partial charge is 0.152 e. The predicted octanol–water partition coefficient (Wildman–Crippen LogP) is 0.276. The highest BCUT2D eigenvalue weighted by Crippen LogP contribution is 2.16. The Balaban J connectivity index is 1.76. The molecule has 0 aromatic carbocycles. The van der Waals surface area contributed by atoms with E-state index in [9.17, 15) is 4.79 Å². The molecule has 0 amide bonds. The van der Waals surface area contributed by atoms with Crippen LogP contribution < -0.4 is 5.32 Å². The number of Topliss-reactive ketones (excluding diaryl/α,β-unsaturated/α-hetero) is 1. The van der Waals surface area contributed by atoms with Gasteiger partial charge in [0.05, 0.1) is 13.2 Å². The summed E-state index contributed by atoms with van der Waals surface area (Å²) in [5.74, 6) is 0.516. The van der Waals surface area contributed by atoms with Gasteiger partial charge < -0.3 is 10.1 Å². The minimum atomic E-state index is 0.157. The second-order valence-corrected chi connectivity index (χ2v) is 4.92. The summed E-state index contributed by atoms with van der Waals surface area (Å²) in [7, 11) is 2.07. The van der Waals surface area contributed by atoms with Crippen LogP contribution >= 0.6 is 0 Å². The number of piperidine rings is 1. The lowest BCUT2D eigenvalue weighted by Crippen LogP contribution is -2.44. The van der Waals surface area contributed by atoms with Gasteiger partial charge >= 0.3 is 0 Å². The normalized spacial score (nSPS) is 27.5. The molecule has 0 aromatic heterocycles. The Morgan fingerprint density at radius 3 is 2.75 bits per heavy atom. The van der Waals surface area contributed by atoms with Crippen LogP contribution in [0.2, 0.25) is 0 Å². The minimum Gasteiger partial charge on any atom is -0.381 e. The number of hydrogen-bond acceptors (Lipinski definition) is 4. The Bertz CT molecular complexity index is 233. The Hall–Kier alpha value is -0.450. The molecule has 16 heavy (non-hydrogen) atoms. The van der Waals surface area contributed by atoms with Crippen LogP contribution in [-0.2, 0) is 9.53 Å². The summed E-state index contributed by atoms with van der Waals surface area (Å²) in [5, 5.41) is 3.35. The van der Waals surface area contributed by atoms with E-state index in [1.165, 1.54) is 0 Å². The van der Waals surface area contributed by atoms with Crippen LogP contribution in [0, 0.1) is 5.92 Å². The lowest BCUT2D eigenvalue weighted by Gasteiger charge is -2.31. The zero-order chi connectivity index (χ0) is 11.4. The number of carbonyl (C=O) groups excluding carboxylic acids is 1. The number of likely N-dealkylation sites (N-methyl/N-ethyl adjacent to an activating group) is 1. The van der Waals surface area contributed by atoms with Crippen molar-refractivity contribution in [2.45, 2.75) is 25.3 Å². The molecule has 2 aliphatic heterocycles. The van der Waals surface area contributed by atoms with Crippen LogP contribution in [0.4, 0.5) is 0 Å². The Morgan fingerprint density at radius 1 is 1.38 bits per heavy atom. The first kappa shape index (κ1) is 12.0. The van der Waals surface area contributed by atoms with E-state index < -0.39 is 0 Å². The maximum Gasteiger partial charge on any atom is 0.152 e. The van der Waals surface area contributed by atoms with Crippen LogP contribution in [0.3, 0.4) is 0 Å². The van der Waals surface area contributed by atoms with Gasteiger partial charge in [-0.1, -0.05) is 0 Å². The Morgan fingerprint density at radius 2 is 2.12 bits per heavy atom. The zero-order valence-electron chi connectivity index (χ0n) is 10.1. The largest absolute Gasteiger partial charge is 0.381 e. The maximum absolute atomic E-state index is 12.0. The molecular formula is C12H22N2O2. The summed E-state index contributed by atoms with van der Waals surface area (Å²) >= 11 is 0. The van der Waals surface area contributed by atoms with Crippen LogP contribution in [0.25, 0.3) is 0 Å². The number of nitrogens with zero attached hydrogens (tertiary/aromatic N) is 1. The highest BCUT2D eigenvalue weighted by atomic mass is 16.5. The third-order valence-corrected chi connectivity index (χ3v) is 3.72. The molecule has 0 aliphatic carbocycles. The number of nitrogens with one attached hydrogen (secondary N) is 1. The summed E-state index contributed by atoms with van der Waals surface area (Å²) in [5.41, 5.74) is 0. The van der Waals surface area contributed by atoms with E-state index in [1.807, 2.05) is 0 Å². The fourth-order valence-corrected chi connectivity index (χ4v) is 2.54. The summed E-state index contributed by atoms with van der Waals surface area (Å²) in [6.45, 7) is 4.15. The van der Waals surface area contributed by atoms with Gasteiger partial charge in [0.1, 0.15) is 0 Å². The number of rotatable bonds is 4. The summed E-state index contributed by atoms with van der Waals surface area (Å²) in [6.07, 6.45) is 3.23. The van der Waals surface area contributed by atoms with Crippen LogP contribution in [0.5, 0.6) is 0 Å². The molecule has 0 radical (unpaired) electrons. The van der Waals surface area contributed by atoms with Gasteiger partial charge in [-0.25, -0.2) is 0 Å². The van der Waals surface area contributed by atoms with Gasteiger partial charge in [-0.05, 0) is 39.4 Å². The van der Waals surface area contributed by atoms with Crippen LogP contribution in [0.15, 0.2) is 0 Å². The van der Waals surface area contributed by atoms with Crippen molar-refractivity contribution in [3.63, 3.8) is 0 Å². The second kappa shape index (κ2) is 5.75. The van der Waals surface area contributed by atoms with Gasteiger partial charge in [0.2, 0.25) is 0 Å². The van der Waals surface area contributed by atoms with Gasteiger partial charge in [0.15, 0.2) is 5.78 Å². The molecule has 2 fully saturated rings. The molecule has 0 spiro atoms. The second-order valence-electron chi connectivity index (χ2n) is 4.92. The minimum absolute atomic E-state index is 0.157. The van der Waals surface area contributed by atoms with Gasteiger partial charge in [0.25, 0.3) is 0 Å². The van der Waals surface area contributed by atoms with E-state index in [0.29, 0.717) is 25.0 Å². The molecule has 0 saturated carbocycles. The Kier molecular flexibility index (Phi) is 4.32. The van der Waals surface area contributed by atoms with E-state index in [1.54, 1.807) is 0 Å². The maximum atomic E-state index is 12.0. The van der Waals surface area contributed by atoms with E-state index >= 15 is 0 Å². The summed E-state index contributed by atoms with van der Waals surface area (Å²) < 4.78 is 5.26. The molecular weight excluding hydrogens is 204 g/mol. The third-order valence-electron chi connectivity index (χ3n) is 3.72. The first-order valence-corrected chi connectivity index (χ1v) is 6.29. The van der Waals surface area contributed by atoms with E-state index in [2.05, 4.69) is 17.3 Å². The molecule has 2 heterocycles. The van der Waals surface area contributed by atoms with Crippen molar-refractivity contribution in [1.82, 2.24) is 10.2 Å². The molecule has 4 nitrogen and oxygen atoms in total. The number of ether oxygens (including phenoxy) is 1. The lowest BCUT2D eigenvalue weighted by atomic mass is 10.0. The number of hydrogen-bond donors (Lipinski definition) is 1. The Labute approximate surface area is 97.3 Å². The molecule has 1 unspecified atom stereocenters. The van der Waals surface area contributed by atoms with Crippen molar-refractivity contribution in [3.05, 3.63) is 0 Å². The molecule has 92 valence electrons. The molecule has 2 aliphatic rings. The molecule has 0 aromatic rings. The average molecular weight is 226 g/mol. The van der Waals surface area contributed by atoms with Crippen molar-refractivity contribution in [2.75, 3.05) is 39.9 Å². The fourth-order valence-electron chi connectivity index (χ4n) is 2.54. The van der Waals surface area contributed by atoms with Crippen LogP contribution in [-0.4, -0.2) is 56.6 Å². The zero-order valence-corrected chi connectivity index (χ0v) is 10.1. The van der Waals surface area contributed by atoms with Crippen LogP contribution in [0.1, 0.15) is 19.3 Å². The molecule has 0 bridgehead atoms. The van der Waals surface area contributed by atoms with Crippen molar-refractivity contribution >= 4 is 5.78 Å². The van der Waals surface area contributed by atoms with E-state index in [0.717, 1.165) is 39.0 Å². The molecule has 4 heteroatoms. The van der Waals surface area contributed by atoms with E-state index in [-0.39, 0.29) is 5.92 Å². The third kappa shape index (κ3) is 3.03. The van der Waals surface area contributed by atoms with Gasteiger partial charge in [-0.15, -0.1) is 0 Å². The topological polar surface area (TPSA) is 41.6 Å². The lowest BCUT2D eigenvalue weighted by molar-refractivity contribution is -0.124. The monoisotopic (exact) mass is 226 g/mol. The van der Waals surface area contributed by atoms with Crippen molar-refractivity contribution in [2.24, 2.45) is 5.92 Å². The average Bonchev–Trinajstić information content (AvgIpc) is 2.83. The summed E-state index contributed by atoms with van der Waals surface area (Å²) in [4.78, 5) is 14.2. The molecule has 1 atom stereocenters. The van der Waals surface area contributed by atoms with Crippen molar-refractivity contribution < 1.29 is 9.53 Å². The van der Waals surface area contributed by atoms with Gasteiger partial charge in [-0.3, -0.25) is 9.69 Å². The first-order chi connectivity index (χ1) is 7.77. The quantitative estimate of drug-likeness (QED) is 0.747. The predicted molar refractivity (Wildman–Crippen MR) is 62.5 cm³/mol. The highest BCUT2D eigenvalue weighted by molar-refractivity contribution is 5.83.